The standard InChI is InChI=1S/C13H14N2OS/c1-9(16-2)13-14-11(8-12(17)15-13)10-6-4-3-5-7-10/h3-9H,1-2H3,(H,14,15,17). The Labute approximate surface area is 105 Å². The second-order valence-corrected chi connectivity index (χ2v) is 4.18. The number of nitrogens with zero attached hydrogens (tertiary/aromatic N) is 1. The van der Waals surface area contributed by atoms with Crippen LogP contribution in [0.1, 0.15) is 18.9 Å². The molecule has 0 aliphatic carbocycles. The molecule has 17 heavy (non-hydrogen) atoms. The molecular formula is C13H14N2OS. The van der Waals surface area contributed by atoms with Crippen LogP contribution in [0.25, 0.3) is 11.3 Å². The molecule has 1 aromatic carbocycles. The Balaban J connectivity index is 2.49. The summed E-state index contributed by atoms with van der Waals surface area (Å²) in [5, 5.41) is 0. The molecule has 0 saturated carbocycles. The van der Waals surface area contributed by atoms with Gasteiger partial charge in [0.05, 0.1) is 0 Å². The summed E-state index contributed by atoms with van der Waals surface area (Å²) in [7, 11) is 1.65. The highest BCUT2D eigenvalue weighted by Crippen LogP contribution is 2.19. The highest BCUT2D eigenvalue weighted by Gasteiger charge is 2.08. The molecule has 2 aromatic rings. The van der Waals surface area contributed by atoms with E-state index in [1.54, 1.807) is 7.11 Å². The van der Waals surface area contributed by atoms with Crippen LogP contribution in [-0.2, 0) is 4.74 Å². The van der Waals surface area contributed by atoms with E-state index in [-0.39, 0.29) is 6.10 Å². The number of aromatic amines is 1. The first kappa shape index (κ1) is 12.0. The van der Waals surface area contributed by atoms with Crippen molar-refractivity contribution in [3.63, 3.8) is 0 Å². The molecule has 1 heterocycles. The van der Waals surface area contributed by atoms with Crippen LogP contribution in [0.3, 0.4) is 0 Å². The van der Waals surface area contributed by atoms with Crippen LogP contribution < -0.4 is 0 Å². The number of methoxy groups -OCH3 is 1. The summed E-state index contributed by atoms with van der Waals surface area (Å²) in [5.41, 5.74) is 2.05. The van der Waals surface area contributed by atoms with Crippen molar-refractivity contribution in [2.75, 3.05) is 7.11 Å². The van der Waals surface area contributed by atoms with Gasteiger partial charge in [-0.15, -0.1) is 0 Å². The van der Waals surface area contributed by atoms with Crippen molar-refractivity contribution in [1.29, 1.82) is 0 Å². The van der Waals surface area contributed by atoms with E-state index in [0.717, 1.165) is 17.1 Å². The average Bonchev–Trinajstić information content (AvgIpc) is 2.38. The van der Waals surface area contributed by atoms with Crippen molar-refractivity contribution >= 4 is 12.2 Å². The first-order valence-corrected chi connectivity index (χ1v) is 5.81. The van der Waals surface area contributed by atoms with E-state index >= 15 is 0 Å². The molecule has 88 valence electrons. The molecular weight excluding hydrogens is 232 g/mol. The lowest BCUT2D eigenvalue weighted by Gasteiger charge is -2.11. The Bertz CT molecular complexity index is 551. The molecule has 0 aliphatic rings. The maximum absolute atomic E-state index is 5.24. The van der Waals surface area contributed by atoms with Crippen LogP contribution in [0.4, 0.5) is 0 Å². The molecule has 2 rings (SSSR count). The van der Waals surface area contributed by atoms with Crippen LogP contribution >= 0.6 is 12.2 Å². The number of nitrogens with one attached hydrogen (secondary N) is 1. The van der Waals surface area contributed by atoms with Gasteiger partial charge in [0, 0.05) is 12.8 Å². The zero-order chi connectivity index (χ0) is 12.3. The summed E-state index contributed by atoms with van der Waals surface area (Å²) in [6.07, 6.45) is -0.0969. The maximum Gasteiger partial charge on any atom is 0.137 e. The summed E-state index contributed by atoms with van der Waals surface area (Å²) in [6.45, 7) is 1.93. The number of ether oxygens (including phenoxy) is 1. The molecule has 0 saturated heterocycles. The monoisotopic (exact) mass is 246 g/mol. The van der Waals surface area contributed by atoms with Gasteiger partial charge in [0.2, 0.25) is 0 Å². The van der Waals surface area contributed by atoms with E-state index in [1.807, 2.05) is 43.3 Å². The minimum atomic E-state index is -0.0969. The van der Waals surface area contributed by atoms with E-state index in [9.17, 15) is 0 Å². The van der Waals surface area contributed by atoms with Crippen molar-refractivity contribution in [3.8, 4) is 11.3 Å². The highest BCUT2D eigenvalue weighted by atomic mass is 32.1. The van der Waals surface area contributed by atoms with Crippen molar-refractivity contribution < 1.29 is 4.74 Å². The largest absolute Gasteiger partial charge is 0.374 e. The molecule has 1 N–H and O–H groups in total. The maximum atomic E-state index is 5.24. The third-order valence-corrected chi connectivity index (χ3v) is 2.79. The van der Waals surface area contributed by atoms with Gasteiger partial charge in [0.25, 0.3) is 0 Å². The molecule has 0 spiro atoms. The summed E-state index contributed by atoms with van der Waals surface area (Å²) in [4.78, 5) is 7.51. The number of aromatic nitrogens is 2. The molecule has 0 radical (unpaired) electrons. The average molecular weight is 246 g/mol. The molecule has 0 amide bonds. The SMILES string of the molecule is COC(C)c1nc(=S)cc(-c2ccccc2)[nH]1. The lowest BCUT2D eigenvalue weighted by atomic mass is 10.1. The third-order valence-electron chi connectivity index (χ3n) is 2.58. The van der Waals surface area contributed by atoms with Gasteiger partial charge in [0.15, 0.2) is 0 Å². The lowest BCUT2D eigenvalue weighted by molar-refractivity contribution is 0.112. The van der Waals surface area contributed by atoms with Crippen LogP contribution in [0.2, 0.25) is 0 Å². The zero-order valence-electron chi connectivity index (χ0n) is 9.81. The second kappa shape index (κ2) is 5.21. The summed E-state index contributed by atoms with van der Waals surface area (Å²) < 4.78 is 5.81. The Morgan fingerprint density at radius 2 is 2.00 bits per heavy atom. The van der Waals surface area contributed by atoms with E-state index < -0.39 is 0 Å². The van der Waals surface area contributed by atoms with Gasteiger partial charge < -0.3 is 9.72 Å². The van der Waals surface area contributed by atoms with Crippen molar-refractivity contribution in [1.82, 2.24) is 9.97 Å². The van der Waals surface area contributed by atoms with Gasteiger partial charge in [-0.2, -0.15) is 0 Å². The van der Waals surface area contributed by atoms with Crippen LogP contribution in [0.15, 0.2) is 36.4 Å². The Morgan fingerprint density at radius 3 is 2.65 bits per heavy atom. The highest BCUT2D eigenvalue weighted by molar-refractivity contribution is 7.71. The molecule has 0 bridgehead atoms. The number of H-pyrrole nitrogens is 1. The van der Waals surface area contributed by atoms with E-state index in [1.165, 1.54) is 0 Å². The minimum Gasteiger partial charge on any atom is -0.374 e. The smallest absolute Gasteiger partial charge is 0.137 e. The van der Waals surface area contributed by atoms with Gasteiger partial charge in [0.1, 0.15) is 16.6 Å². The van der Waals surface area contributed by atoms with E-state index in [4.69, 9.17) is 17.0 Å². The lowest BCUT2D eigenvalue weighted by Crippen LogP contribution is -2.03. The molecule has 1 atom stereocenters. The third kappa shape index (κ3) is 2.78. The Kier molecular flexibility index (Phi) is 3.66. The summed E-state index contributed by atoms with van der Waals surface area (Å²) in [6, 6.07) is 11.9. The predicted octanol–water partition coefficient (Wildman–Crippen LogP) is 3.51. The molecule has 1 aromatic heterocycles. The van der Waals surface area contributed by atoms with E-state index in [0.29, 0.717) is 4.64 Å². The van der Waals surface area contributed by atoms with Crippen LogP contribution in [-0.4, -0.2) is 17.1 Å². The summed E-state index contributed by atoms with van der Waals surface area (Å²) in [5.74, 6) is 0.749. The Hall–Kier alpha value is -1.52. The molecule has 0 fully saturated rings. The van der Waals surface area contributed by atoms with Crippen LogP contribution in [0, 0.1) is 4.64 Å². The van der Waals surface area contributed by atoms with Crippen molar-refractivity contribution in [2.45, 2.75) is 13.0 Å². The van der Waals surface area contributed by atoms with Gasteiger partial charge in [-0.25, -0.2) is 4.98 Å². The van der Waals surface area contributed by atoms with Gasteiger partial charge in [-0.05, 0) is 18.6 Å². The fourth-order valence-corrected chi connectivity index (χ4v) is 1.77. The number of benzene rings is 1. The minimum absolute atomic E-state index is 0.0969. The molecule has 1 unspecified atom stereocenters. The van der Waals surface area contributed by atoms with E-state index in [2.05, 4.69) is 9.97 Å². The fraction of sp³-hybridized carbons (Fsp3) is 0.231. The van der Waals surface area contributed by atoms with Crippen molar-refractivity contribution in [2.24, 2.45) is 0 Å². The van der Waals surface area contributed by atoms with Gasteiger partial charge in [-0.1, -0.05) is 42.5 Å². The topological polar surface area (TPSA) is 37.9 Å². The predicted molar refractivity (Wildman–Crippen MR) is 70.3 cm³/mol. The van der Waals surface area contributed by atoms with Gasteiger partial charge >= 0.3 is 0 Å². The quantitative estimate of drug-likeness (QED) is 0.842. The number of hydrogen-bond donors (Lipinski definition) is 1. The number of hydrogen-bond acceptors (Lipinski definition) is 3. The summed E-state index contributed by atoms with van der Waals surface area (Å²) >= 11 is 5.17. The van der Waals surface area contributed by atoms with Crippen molar-refractivity contribution in [3.05, 3.63) is 46.9 Å². The second-order valence-electron chi connectivity index (χ2n) is 3.76. The van der Waals surface area contributed by atoms with Gasteiger partial charge in [-0.3, -0.25) is 0 Å². The molecule has 3 nitrogen and oxygen atoms in total. The molecule has 4 heteroatoms. The first-order valence-electron chi connectivity index (χ1n) is 5.40. The van der Waals surface area contributed by atoms with Crippen LogP contribution in [0.5, 0.6) is 0 Å². The Morgan fingerprint density at radius 1 is 1.29 bits per heavy atom. The molecule has 0 aliphatic heterocycles. The first-order chi connectivity index (χ1) is 8.20. The number of rotatable bonds is 3. The normalized spacial score (nSPS) is 12.4. The fourth-order valence-electron chi connectivity index (χ4n) is 1.55. The zero-order valence-corrected chi connectivity index (χ0v) is 10.6.